The Kier molecular flexibility index (Phi) is 2.16. The highest BCUT2D eigenvalue weighted by molar-refractivity contribution is 6.99. The average Bonchev–Trinajstić information content (AvgIpc) is 2.34. The summed E-state index contributed by atoms with van der Waals surface area (Å²) in [5, 5.41) is 0. The van der Waals surface area contributed by atoms with Crippen molar-refractivity contribution in [2.75, 3.05) is 6.61 Å². The number of hydrogen-bond donors (Lipinski definition) is 1. The molecule has 0 fully saturated rings. The summed E-state index contributed by atoms with van der Waals surface area (Å²) in [5.41, 5.74) is 4.80. The van der Waals surface area contributed by atoms with E-state index in [1.807, 2.05) is 0 Å². The molecule has 5 nitrogen and oxygen atoms in total. The molecular weight excluding hydrogens is 154 g/mol. The van der Waals surface area contributed by atoms with Gasteiger partial charge in [0, 0.05) is 0 Å². The molecule has 0 aliphatic heterocycles. The third kappa shape index (κ3) is 1.98. The maximum Gasteiger partial charge on any atom is 0.255 e. The minimum absolute atomic E-state index is 0.147. The normalized spacial score (nSPS) is 9.20. The van der Waals surface area contributed by atoms with Gasteiger partial charge in [-0.2, -0.15) is 4.37 Å². The maximum atomic E-state index is 10.1. The summed E-state index contributed by atoms with van der Waals surface area (Å²) in [5.74, 6) is -0.184. The molecule has 1 aromatic heterocycles. The fourth-order valence-electron chi connectivity index (χ4n) is 0.365. The lowest BCUT2D eigenvalue weighted by Gasteiger charge is -1.94. The first-order chi connectivity index (χ1) is 4.79. The lowest BCUT2D eigenvalue weighted by molar-refractivity contribution is -0.120. The van der Waals surface area contributed by atoms with Gasteiger partial charge in [0.15, 0.2) is 6.61 Å². The summed E-state index contributed by atoms with van der Waals surface area (Å²) in [4.78, 5) is 10.1. The Hall–Kier alpha value is -1.17. The predicted molar refractivity (Wildman–Crippen MR) is 34.6 cm³/mol. The minimum atomic E-state index is -0.520. The summed E-state index contributed by atoms with van der Waals surface area (Å²) in [6.45, 7) is -0.147. The number of nitrogens with two attached hydrogens (primary N) is 1. The van der Waals surface area contributed by atoms with Crippen molar-refractivity contribution in [2.24, 2.45) is 5.73 Å². The Morgan fingerprint density at radius 3 is 3.20 bits per heavy atom. The molecule has 0 saturated carbocycles. The van der Waals surface area contributed by atoms with Gasteiger partial charge < -0.3 is 10.5 Å². The average molecular weight is 159 g/mol. The maximum absolute atomic E-state index is 10.1. The number of primary amides is 1. The Morgan fingerprint density at radius 2 is 2.70 bits per heavy atom. The first kappa shape index (κ1) is 6.94. The van der Waals surface area contributed by atoms with Gasteiger partial charge in [0.05, 0.1) is 11.7 Å². The molecule has 0 atom stereocenters. The fourth-order valence-corrected chi connectivity index (χ4v) is 0.729. The molecule has 0 spiro atoms. The van der Waals surface area contributed by atoms with Gasteiger partial charge in [-0.25, -0.2) is 0 Å². The summed E-state index contributed by atoms with van der Waals surface area (Å²) < 4.78 is 12.1. The van der Waals surface area contributed by atoms with Crippen molar-refractivity contribution in [1.29, 1.82) is 0 Å². The van der Waals surface area contributed by atoms with Crippen molar-refractivity contribution in [3.63, 3.8) is 0 Å². The third-order valence-electron chi connectivity index (χ3n) is 0.703. The van der Waals surface area contributed by atoms with Crippen LogP contribution in [-0.4, -0.2) is 21.3 Å². The van der Waals surface area contributed by atoms with Crippen LogP contribution in [-0.2, 0) is 4.79 Å². The highest BCUT2D eigenvalue weighted by atomic mass is 32.1. The topological polar surface area (TPSA) is 78.1 Å². The number of amides is 1. The van der Waals surface area contributed by atoms with E-state index in [4.69, 9.17) is 10.5 Å². The van der Waals surface area contributed by atoms with Gasteiger partial charge in [0.25, 0.3) is 5.91 Å². The van der Waals surface area contributed by atoms with Gasteiger partial charge in [-0.1, -0.05) is 0 Å². The fraction of sp³-hybridized carbons (Fsp3) is 0.250. The Labute approximate surface area is 61.1 Å². The van der Waals surface area contributed by atoms with Crippen LogP contribution in [0.25, 0.3) is 0 Å². The molecule has 1 amide bonds. The molecule has 0 aliphatic carbocycles. The monoisotopic (exact) mass is 159 g/mol. The van der Waals surface area contributed by atoms with Gasteiger partial charge in [0.2, 0.25) is 5.88 Å². The van der Waals surface area contributed by atoms with E-state index in [2.05, 4.69) is 8.75 Å². The van der Waals surface area contributed by atoms with E-state index in [0.29, 0.717) is 5.88 Å². The van der Waals surface area contributed by atoms with Gasteiger partial charge in [-0.15, -0.1) is 4.37 Å². The van der Waals surface area contributed by atoms with Crippen LogP contribution in [0.5, 0.6) is 5.88 Å². The van der Waals surface area contributed by atoms with Crippen LogP contribution in [0, 0.1) is 0 Å². The number of carbonyl (C=O) groups excluding carboxylic acids is 1. The first-order valence-corrected chi connectivity index (χ1v) is 3.21. The van der Waals surface area contributed by atoms with Crippen LogP contribution in [0.4, 0.5) is 0 Å². The van der Waals surface area contributed by atoms with E-state index in [1.54, 1.807) is 0 Å². The molecule has 6 heteroatoms. The molecule has 1 rings (SSSR count). The van der Waals surface area contributed by atoms with Crippen molar-refractivity contribution in [3.05, 3.63) is 6.20 Å². The molecule has 2 N–H and O–H groups in total. The zero-order valence-corrected chi connectivity index (χ0v) is 5.80. The van der Waals surface area contributed by atoms with Gasteiger partial charge >= 0.3 is 0 Å². The number of rotatable bonds is 3. The molecule has 54 valence electrons. The molecule has 0 radical (unpaired) electrons. The zero-order valence-electron chi connectivity index (χ0n) is 4.98. The third-order valence-corrected chi connectivity index (χ3v) is 1.16. The number of hydrogen-bond acceptors (Lipinski definition) is 5. The van der Waals surface area contributed by atoms with E-state index in [-0.39, 0.29) is 6.61 Å². The highest BCUT2D eigenvalue weighted by Crippen LogP contribution is 2.03. The van der Waals surface area contributed by atoms with E-state index >= 15 is 0 Å². The van der Waals surface area contributed by atoms with Gasteiger partial charge in [0.1, 0.15) is 6.20 Å². The second kappa shape index (κ2) is 3.11. The molecule has 1 heterocycles. The van der Waals surface area contributed by atoms with Gasteiger partial charge in [-0.3, -0.25) is 4.79 Å². The summed E-state index contributed by atoms with van der Waals surface area (Å²) in [7, 11) is 0. The molecular formula is C4H5N3O2S. The van der Waals surface area contributed by atoms with Crippen LogP contribution >= 0.6 is 11.7 Å². The molecule has 0 bridgehead atoms. The number of ether oxygens (including phenoxy) is 1. The molecule has 0 aliphatic rings. The van der Waals surface area contributed by atoms with Crippen LogP contribution in [0.3, 0.4) is 0 Å². The predicted octanol–water partition coefficient (Wildman–Crippen LogP) is -0.598. The van der Waals surface area contributed by atoms with Crippen molar-refractivity contribution in [2.45, 2.75) is 0 Å². The molecule has 0 unspecified atom stereocenters. The smallest absolute Gasteiger partial charge is 0.255 e. The summed E-state index contributed by atoms with van der Waals surface area (Å²) in [6.07, 6.45) is 1.42. The molecule has 0 aromatic carbocycles. The second-order valence-corrected chi connectivity index (χ2v) is 2.06. The lowest BCUT2D eigenvalue weighted by atomic mass is 10.7. The SMILES string of the molecule is NC(=O)COc1cnsn1. The van der Waals surface area contributed by atoms with Crippen LogP contribution in [0.15, 0.2) is 6.20 Å². The Balaban J connectivity index is 2.35. The van der Waals surface area contributed by atoms with E-state index in [0.717, 1.165) is 11.7 Å². The number of aromatic nitrogens is 2. The Bertz CT molecular complexity index is 210. The largest absolute Gasteiger partial charge is 0.466 e. The Morgan fingerprint density at radius 1 is 1.90 bits per heavy atom. The van der Waals surface area contributed by atoms with Gasteiger partial charge in [-0.05, 0) is 0 Å². The number of carbonyl (C=O) groups is 1. The minimum Gasteiger partial charge on any atom is -0.466 e. The van der Waals surface area contributed by atoms with Crippen LogP contribution < -0.4 is 10.5 Å². The number of nitrogens with zero attached hydrogens (tertiary/aromatic N) is 2. The van der Waals surface area contributed by atoms with Crippen LogP contribution in [0.1, 0.15) is 0 Å². The summed E-state index contributed by atoms with van der Waals surface area (Å²) >= 11 is 1.01. The van der Waals surface area contributed by atoms with Crippen molar-refractivity contribution in [1.82, 2.24) is 8.75 Å². The van der Waals surface area contributed by atoms with E-state index < -0.39 is 5.91 Å². The lowest BCUT2D eigenvalue weighted by Crippen LogP contribution is -2.20. The van der Waals surface area contributed by atoms with E-state index in [9.17, 15) is 4.79 Å². The van der Waals surface area contributed by atoms with Crippen molar-refractivity contribution in [3.8, 4) is 5.88 Å². The zero-order chi connectivity index (χ0) is 7.40. The standard InChI is InChI=1S/C4H5N3O2S/c5-3(8)2-9-4-1-6-10-7-4/h1H,2H2,(H2,5,8). The molecule has 1 aromatic rings. The summed E-state index contributed by atoms with van der Waals surface area (Å²) in [6, 6.07) is 0. The quantitative estimate of drug-likeness (QED) is 0.638. The molecule has 0 saturated heterocycles. The molecule has 10 heavy (non-hydrogen) atoms. The highest BCUT2D eigenvalue weighted by Gasteiger charge is 1.97. The first-order valence-electron chi connectivity index (χ1n) is 2.47. The van der Waals surface area contributed by atoms with Crippen molar-refractivity contribution >= 4 is 17.6 Å². The van der Waals surface area contributed by atoms with Crippen LogP contribution in [0.2, 0.25) is 0 Å². The second-order valence-electron chi connectivity index (χ2n) is 1.50. The van der Waals surface area contributed by atoms with E-state index in [1.165, 1.54) is 6.20 Å². The van der Waals surface area contributed by atoms with Crippen molar-refractivity contribution < 1.29 is 9.53 Å².